The summed E-state index contributed by atoms with van der Waals surface area (Å²) in [6, 6.07) is 15.3. The molecule has 2 aromatic carbocycles. The lowest BCUT2D eigenvalue weighted by Gasteiger charge is -2.19. The molecule has 5 heteroatoms. The van der Waals surface area contributed by atoms with E-state index in [1.54, 1.807) is 12.1 Å². The van der Waals surface area contributed by atoms with Gasteiger partial charge in [0.2, 0.25) is 0 Å². The molecule has 0 fully saturated rings. The maximum atomic E-state index is 13.2. The monoisotopic (exact) mass is 366 g/mol. The molecule has 4 rings (SSSR count). The van der Waals surface area contributed by atoms with Crippen LogP contribution in [0.1, 0.15) is 36.5 Å². The first kappa shape index (κ1) is 17.0. The molecule has 1 aliphatic rings. The molecule has 0 aliphatic carbocycles. The van der Waals surface area contributed by atoms with Crippen molar-refractivity contribution in [2.45, 2.75) is 38.0 Å². The van der Waals surface area contributed by atoms with Crippen LogP contribution in [0.2, 0.25) is 0 Å². The second-order valence-electron chi connectivity index (χ2n) is 7.17. The summed E-state index contributed by atoms with van der Waals surface area (Å²) in [7, 11) is -3.61. The second kappa shape index (κ2) is 6.09. The average molecular weight is 366 g/mol. The van der Waals surface area contributed by atoms with Crippen LogP contribution < -0.4 is 4.31 Å². The number of aromatic nitrogens is 1. The zero-order valence-electron chi connectivity index (χ0n) is 15.2. The van der Waals surface area contributed by atoms with E-state index in [1.165, 1.54) is 4.31 Å². The van der Waals surface area contributed by atoms with Gasteiger partial charge < -0.3 is 0 Å². The van der Waals surface area contributed by atoms with Crippen LogP contribution in [-0.4, -0.2) is 19.9 Å². The van der Waals surface area contributed by atoms with Gasteiger partial charge in [0, 0.05) is 11.9 Å². The molecular weight excluding hydrogens is 344 g/mol. The predicted octanol–water partition coefficient (Wildman–Crippen LogP) is 4.42. The van der Waals surface area contributed by atoms with Gasteiger partial charge in [-0.25, -0.2) is 17.7 Å². The molecule has 26 heavy (non-hydrogen) atoms. The molecule has 0 radical (unpaired) electrons. The summed E-state index contributed by atoms with van der Waals surface area (Å²) in [5.41, 5.74) is 4.04. The number of hydrogen-bond donors (Lipinski definition) is 0. The minimum atomic E-state index is -3.61. The van der Waals surface area contributed by atoms with E-state index >= 15 is 0 Å². The summed E-state index contributed by atoms with van der Waals surface area (Å²) in [5, 5.41) is 1.06. The molecule has 0 bridgehead atoms. The zero-order valence-corrected chi connectivity index (χ0v) is 16.0. The lowest BCUT2D eigenvalue weighted by molar-refractivity contribution is 0.592. The van der Waals surface area contributed by atoms with Crippen LogP contribution in [0.3, 0.4) is 0 Å². The van der Waals surface area contributed by atoms with Crippen LogP contribution in [0.15, 0.2) is 53.4 Å². The molecule has 1 aliphatic heterocycles. The Morgan fingerprint density at radius 3 is 2.50 bits per heavy atom. The number of hydrogen-bond acceptors (Lipinski definition) is 3. The fourth-order valence-corrected chi connectivity index (χ4v) is 4.95. The lowest BCUT2D eigenvalue weighted by atomic mass is 10.0. The van der Waals surface area contributed by atoms with E-state index in [0.29, 0.717) is 29.6 Å². The molecule has 3 aromatic rings. The van der Waals surface area contributed by atoms with Gasteiger partial charge in [0.25, 0.3) is 10.0 Å². The first-order valence-electron chi connectivity index (χ1n) is 8.90. The Kier molecular flexibility index (Phi) is 3.99. The zero-order chi connectivity index (χ0) is 18.5. The Hall–Kier alpha value is -2.40. The molecule has 134 valence electrons. The summed E-state index contributed by atoms with van der Waals surface area (Å²) in [4.78, 5) is 5.04. The lowest BCUT2D eigenvalue weighted by Crippen LogP contribution is -2.29. The van der Waals surface area contributed by atoms with E-state index in [2.05, 4.69) is 19.9 Å². The van der Waals surface area contributed by atoms with Gasteiger partial charge in [-0.15, -0.1) is 0 Å². The van der Waals surface area contributed by atoms with Gasteiger partial charge >= 0.3 is 0 Å². The van der Waals surface area contributed by atoms with Crippen molar-refractivity contribution < 1.29 is 8.42 Å². The van der Waals surface area contributed by atoms with Crippen LogP contribution in [0.4, 0.5) is 5.82 Å². The topological polar surface area (TPSA) is 50.3 Å². The summed E-state index contributed by atoms with van der Waals surface area (Å²) in [6.07, 6.45) is 0.690. The predicted molar refractivity (Wildman–Crippen MR) is 105 cm³/mol. The van der Waals surface area contributed by atoms with Crippen LogP contribution in [0.25, 0.3) is 10.9 Å². The van der Waals surface area contributed by atoms with E-state index in [9.17, 15) is 8.42 Å². The van der Waals surface area contributed by atoms with E-state index in [-0.39, 0.29) is 0 Å². The Labute approximate surface area is 154 Å². The van der Waals surface area contributed by atoms with Gasteiger partial charge in [-0.3, -0.25) is 0 Å². The van der Waals surface area contributed by atoms with Gasteiger partial charge in [-0.1, -0.05) is 44.2 Å². The molecule has 0 unspecified atom stereocenters. The van der Waals surface area contributed by atoms with Gasteiger partial charge in [-0.05, 0) is 54.2 Å². The van der Waals surface area contributed by atoms with Crippen LogP contribution >= 0.6 is 0 Å². The molecule has 0 atom stereocenters. The molecule has 0 amide bonds. The highest BCUT2D eigenvalue weighted by atomic mass is 32.2. The first-order chi connectivity index (χ1) is 12.4. The number of aryl methyl sites for hydroxylation is 1. The minimum absolute atomic E-state index is 0.321. The Balaban J connectivity index is 1.79. The van der Waals surface area contributed by atoms with Gasteiger partial charge in [-0.2, -0.15) is 0 Å². The third kappa shape index (κ3) is 2.67. The maximum Gasteiger partial charge on any atom is 0.265 e. The number of pyridine rings is 1. The maximum absolute atomic E-state index is 13.2. The smallest absolute Gasteiger partial charge is 0.249 e. The van der Waals surface area contributed by atoms with E-state index in [0.717, 1.165) is 27.6 Å². The van der Waals surface area contributed by atoms with Crippen molar-refractivity contribution in [1.82, 2.24) is 4.98 Å². The van der Waals surface area contributed by atoms with Crippen molar-refractivity contribution in [3.05, 3.63) is 65.2 Å². The third-order valence-electron chi connectivity index (χ3n) is 5.06. The third-order valence-corrected chi connectivity index (χ3v) is 6.86. The normalized spacial score (nSPS) is 14.2. The van der Waals surface area contributed by atoms with Crippen molar-refractivity contribution in [2.24, 2.45) is 0 Å². The van der Waals surface area contributed by atoms with E-state index < -0.39 is 10.0 Å². The highest BCUT2D eigenvalue weighted by Crippen LogP contribution is 2.34. The van der Waals surface area contributed by atoms with Crippen molar-refractivity contribution in [3.63, 3.8) is 0 Å². The Bertz CT molecular complexity index is 1090. The highest BCUT2D eigenvalue weighted by molar-refractivity contribution is 7.92. The summed E-state index contributed by atoms with van der Waals surface area (Å²) in [6.45, 7) is 6.63. The molecule has 1 aromatic heterocycles. The minimum Gasteiger partial charge on any atom is -0.249 e. The molecule has 2 heterocycles. The SMILES string of the molecule is Cc1cccc2cc3c(nc12)N(S(=O)(=O)c1ccc(C(C)C)cc1)CC3. The fourth-order valence-electron chi connectivity index (χ4n) is 3.49. The van der Waals surface area contributed by atoms with Crippen molar-refractivity contribution in [2.75, 3.05) is 10.8 Å². The number of fused-ring (bicyclic) bond motifs is 2. The molecule has 0 spiro atoms. The molecule has 4 nitrogen and oxygen atoms in total. The average Bonchev–Trinajstić information content (AvgIpc) is 3.04. The van der Waals surface area contributed by atoms with Crippen LogP contribution in [0, 0.1) is 6.92 Å². The first-order valence-corrected chi connectivity index (χ1v) is 10.3. The van der Waals surface area contributed by atoms with Crippen LogP contribution in [-0.2, 0) is 16.4 Å². The van der Waals surface area contributed by atoms with Crippen LogP contribution in [0.5, 0.6) is 0 Å². The molecule has 0 saturated carbocycles. The van der Waals surface area contributed by atoms with Gasteiger partial charge in [0.05, 0.1) is 10.4 Å². The summed E-state index contributed by atoms with van der Waals surface area (Å²) in [5.74, 6) is 0.940. The number of para-hydroxylation sites is 1. The molecule has 0 N–H and O–H groups in total. The van der Waals surface area contributed by atoms with Crippen molar-refractivity contribution in [1.29, 1.82) is 0 Å². The summed E-state index contributed by atoms with van der Waals surface area (Å²) >= 11 is 0. The van der Waals surface area contributed by atoms with E-state index in [1.807, 2.05) is 37.3 Å². The molecular formula is C21H22N2O2S. The van der Waals surface area contributed by atoms with E-state index in [4.69, 9.17) is 4.98 Å². The Morgan fingerprint density at radius 2 is 1.81 bits per heavy atom. The summed E-state index contributed by atoms with van der Waals surface area (Å²) < 4.78 is 27.8. The number of rotatable bonds is 3. The number of anilines is 1. The largest absolute Gasteiger partial charge is 0.265 e. The Morgan fingerprint density at radius 1 is 1.08 bits per heavy atom. The van der Waals surface area contributed by atoms with Gasteiger partial charge in [0.1, 0.15) is 5.82 Å². The molecule has 0 saturated heterocycles. The quantitative estimate of drug-likeness (QED) is 0.689. The number of nitrogens with zero attached hydrogens (tertiary/aromatic N) is 2. The van der Waals surface area contributed by atoms with Crippen molar-refractivity contribution in [3.8, 4) is 0 Å². The second-order valence-corrected chi connectivity index (χ2v) is 9.03. The highest BCUT2D eigenvalue weighted by Gasteiger charge is 2.32. The van der Waals surface area contributed by atoms with Gasteiger partial charge in [0.15, 0.2) is 0 Å². The number of sulfonamides is 1. The standard InChI is InChI=1S/C21H22N2O2S/c1-14(2)16-7-9-19(10-8-16)26(24,25)23-12-11-18-13-17-6-4-5-15(3)20(17)22-21(18)23/h4-10,13-14H,11-12H2,1-3H3. The number of benzene rings is 2. The fraction of sp³-hybridized carbons (Fsp3) is 0.286. The van der Waals surface area contributed by atoms with Crippen molar-refractivity contribution >= 4 is 26.7 Å².